The number of aliphatic hydroxyl groups is 1. The standard InChI is InChI=1S/C16H25NO2/c1-3-14(2)10-16(18,6-7-19-14)15(11-17)9-12-4-5-13(15)8-12/h12-13,18H,3-10H2,1-2H3. The number of nitriles is 1. The Morgan fingerprint density at radius 3 is 2.74 bits per heavy atom. The first-order chi connectivity index (χ1) is 8.97. The third kappa shape index (κ3) is 1.76. The second kappa shape index (κ2) is 4.20. The van der Waals surface area contributed by atoms with Crippen molar-refractivity contribution in [2.24, 2.45) is 17.3 Å². The summed E-state index contributed by atoms with van der Waals surface area (Å²) in [4.78, 5) is 0. The molecule has 5 unspecified atom stereocenters. The molecular formula is C16H25NO2. The highest BCUT2D eigenvalue weighted by Gasteiger charge is 2.64. The molecule has 3 rings (SSSR count). The fourth-order valence-corrected chi connectivity index (χ4v) is 4.97. The zero-order valence-electron chi connectivity index (χ0n) is 12.1. The Balaban J connectivity index is 1.93. The van der Waals surface area contributed by atoms with Gasteiger partial charge in [-0.15, -0.1) is 0 Å². The highest BCUT2D eigenvalue weighted by Crippen LogP contribution is 2.63. The lowest BCUT2D eigenvalue weighted by Gasteiger charge is -2.52. The normalized spacial score (nSPS) is 53.2. The van der Waals surface area contributed by atoms with Crippen LogP contribution in [-0.2, 0) is 4.74 Å². The van der Waals surface area contributed by atoms with E-state index in [2.05, 4.69) is 19.9 Å². The van der Waals surface area contributed by atoms with E-state index in [4.69, 9.17) is 4.74 Å². The van der Waals surface area contributed by atoms with Gasteiger partial charge in [-0.05, 0) is 44.4 Å². The van der Waals surface area contributed by atoms with E-state index in [1.54, 1.807) is 0 Å². The van der Waals surface area contributed by atoms with Gasteiger partial charge in [0, 0.05) is 12.8 Å². The minimum atomic E-state index is -0.843. The summed E-state index contributed by atoms with van der Waals surface area (Å²) in [6.45, 7) is 4.77. The Bertz CT molecular complexity index is 417. The van der Waals surface area contributed by atoms with Crippen LogP contribution in [0.5, 0.6) is 0 Å². The summed E-state index contributed by atoms with van der Waals surface area (Å²) >= 11 is 0. The molecule has 0 radical (unpaired) electrons. The first-order valence-electron chi connectivity index (χ1n) is 7.74. The highest BCUT2D eigenvalue weighted by molar-refractivity contribution is 5.21. The Kier molecular flexibility index (Phi) is 2.96. The topological polar surface area (TPSA) is 53.2 Å². The molecule has 3 fully saturated rings. The van der Waals surface area contributed by atoms with Gasteiger partial charge >= 0.3 is 0 Å². The van der Waals surface area contributed by atoms with Gasteiger partial charge in [-0.25, -0.2) is 0 Å². The van der Waals surface area contributed by atoms with Gasteiger partial charge < -0.3 is 9.84 Å². The second-order valence-corrected chi connectivity index (χ2v) is 7.27. The zero-order chi connectivity index (χ0) is 13.7. The predicted molar refractivity (Wildman–Crippen MR) is 72.3 cm³/mol. The van der Waals surface area contributed by atoms with Crippen molar-refractivity contribution in [2.75, 3.05) is 6.61 Å². The van der Waals surface area contributed by atoms with Crippen LogP contribution in [0.25, 0.3) is 0 Å². The number of hydrogen-bond donors (Lipinski definition) is 1. The Morgan fingerprint density at radius 2 is 2.21 bits per heavy atom. The Morgan fingerprint density at radius 1 is 1.42 bits per heavy atom. The summed E-state index contributed by atoms with van der Waals surface area (Å²) in [6.07, 6.45) is 6.58. The summed E-state index contributed by atoms with van der Waals surface area (Å²) in [5, 5.41) is 21.2. The predicted octanol–water partition coefficient (Wildman–Crippen LogP) is 3.03. The minimum Gasteiger partial charge on any atom is -0.388 e. The molecule has 1 saturated heterocycles. The quantitative estimate of drug-likeness (QED) is 0.833. The molecule has 3 aliphatic rings. The largest absolute Gasteiger partial charge is 0.388 e. The molecule has 2 saturated carbocycles. The van der Waals surface area contributed by atoms with Crippen LogP contribution in [0.3, 0.4) is 0 Å². The van der Waals surface area contributed by atoms with E-state index < -0.39 is 11.0 Å². The molecule has 0 spiro atoms. The van der Waals surface area contributed by atoms with Gasteiger partial charge in [0.2, 0.25) is 0 Å². The Hall–Kier alpha value is -0.590. The van der Waals surface area contributed by atoms with Crippen molar-refractivity contribution >= 4 is 0 Å². The van der Waals surface area contributed by atoms with Crippen molar-refractivity contribution in [3.8, 4) is 6.07 Å². The van der Waals surface area contributed by atoms with Gasteiger partial charge in [-0.2, -0.15) is 5.26 Å². The SMILES string of the molecule is CCC1(C)CC(O)(C2(C#N)CC3CCC2C3)CCO1. The molecule has 3 heteroatoms. The summed E-state index contributed by atoms with van der Waals surface area (Å²) in [7, 11) is 0. The van der Waals surface area contributed by atoms with E-state index in [1.165, 1.54) is 6.42 Å². The van der Waals surface area contributed by atoms with E-state index in [1.807, 2.05) is 0 Å². The number of ether oxygens (including phenoxy) is 1. The van der Waals surface area contributed by atoms with Crippen LogP contribution in [0.4, 0.5) is 0 Å². The van der Waals surface area contributed by atoms with Gasteiger partial charge in [0.15, 0.2) is 0 Å². The minimum absolute atomic E-state index is 0.265. The average molecular weight is 263 g/mol. The monoisotopic (exact) mass is 263 g/mol. The molecule has 106 valence electrons. The van der Waals surface area contributed by atoms with Crippen molar-refractivity contribution in [3.05, 3.63) is 0 Å². The maximum Gasteiger partial charge on any atom is 0.0892 e. The van der Waals surface area contributed by atoms with Crippen molar-refractivity contribution in [1.29, 1.82) is 5.26 Å². The van der Waals surface area contributed by atoms with E-state index in [-0.39, 0.29) is 5.60 Å². The van der Waals surface area contributed by atoms with Crippen LogP contribution < -0.4 is 0 Å². The van der Waals surface area contributed by atoms with Crippen LogP contribution in [-0.4, -0.2) is 22.9 Å². The van der Waals surface area contributed by atoms with Crippen LogP contribution >= 0.6 is 0 Å². The lowest BCUT2D eigenvalue weighted by molar-refractivity contribution is -0.198. The second-order valence-electron chi connectivity index (χ2n) is 7.27. The number of hydrogen-bond acceptors (Lipinski definition) is 3. The molecule has 0 amide bonds. The molecule has 2 bridgehead atoms. The van der Waals surface area contributed by atoms with E-state index >= 15 is 0 Å². The first kappa shape index (κ1) is 13.4. The maximum atomic E-state index is 11.3. The first-order valence-corrected chi connectivity index (χ1v) is 7.74. The third-order valence-electron chi connectivity index (χ3n) is 6.26. The molecule has 19 heavy (non-hydrogen) atoms. The summed E-state index contributed by atoms with van der Waals surface area (Å²) < 4.78 is 5.87. The lowest BCUT2D eigenvalue weighted by Crippen LogP contribution is -2.58. The van der Waals surface area contributed by atoms with Gasteiger partial charge in [0.1, 0.15) is 0 Å². The van der Waals surface area contributed by atoms with E-state index in [9.17, 15) is 10.4 Å². The van der Waals surface area contributed by atoms with Gasteiger partial charge in [0.05, 0.1) is 29.3 Å². The van der Waals surface area contributed by atoms with E-state index in [0.29, 0.717) is 31.3 Å². The van der Waals surface area contributed by atoms with E-state index in [0.717, 1.165) is 25.7 Å². The molecule has 2 aliphatic carbocycles. The molecule has 3 nitrogen and oxygen atoms in total. The van der Waals surface area contributed by atoms with Crippen molar-refractivity contribution in [3.63, 3.8) is 0 Å². The highest BCUT2D eigenvalue weighted by atomic mass is 16.5. The third-order valence-corrected chi connectivity index (χ3v) is 6.26. The van der Waals surface area contributed by atoms with Crippen molar-refractivity contribution < 1.29 is 9.84 Å². The van der Waals surface area contributed by atoms with Gasteiger partial charge in [-0.3, -0.25) is 0 Å². The average Bonchev–Trinajstić information content (AvgIpc) is 2.99. The molecule has 1 aliphatic heterocycles. The van der Waals surface area contributed by atoms with Crippen LogP contribution in [0.15, 0.2) is 0 Å². The van der Waals surface area contributed by atoms with Crippen LogP contribution in [0.2, 0.25) is 0 Å². The van der Waals surface area contributed by atoms with Gasteiger partial charge in [0.25, 0.3) is 0 Å². The Labute approximate surface area is 115 Å². The molecule has 1 heterocycles. The molecule has 0 aromatic carbocycles. The lowest BCUT2D eigenvalue weighted by atomic mass is 9.58. The molecule has 5 atom stereocenters. The fraction of sp³-hybridized carbons (Fsp3) is 0.938. The van der Waals surface area contributed by atoms with Crippen LogP contribution in [0.1, 0.15) is 58.8 Å². The number of rotatable bonds is 2. The molecule has 1 N–H and O–H groups in total. The summed E-state index contributed by atoms with van der Waals surface area (Å²) in [5.41, 5.74) is -1.61. The number of fused-ring (bicyclic) bond motifs is 2. The fourth-order valence-electron chi connectivity index (χ4n) is 4.97. The smallest absolute Gasteiger partial charge is 0.0892 e. The molecule has 0 aromatic heterocycles. The van der Waals surface area contributed by atoms with Crippen molar-refractivity contribution in [2.45, 2.75) is 70.0 Å². The maximum absolute atomic E-state index is 11.3. The van der Waals surface area contributed by atoms with Gasteiger partial charge in [-0.1, -0.05) is 13.3 Å². The summed E-state index contributed by atoms with van der Waals surface area (Å²) in [5.74, 6) is 1.08. The molecular weight excluding hydrogens is 238 g/mol. The van der Waals surface area contributed by atoms with Crippen molar-refractivity contribution in [1.82, 2.24) is 0 Å². The molecule has 0 aromatic rings. The summed E-state index contributed by atoms with van der Waals surface area (Å²) in [6, 6.07) is 2.58. The van der Waals surface area contributed by atoms with Crippen LogP contribution in [0, 0.1) is 28.6 Å². The zero-order valence-corrected chi connectivity index (χ0v) is 12.1. The number of nitrogens with zero attached hydrogens (tertiary/aromatic N) is 1.